The summed E-state index contributed by atoms with van der Waals surface area (Å²) in [5.41, 5.74) is 4.24. The summed E-state index contributed by atoms with van der Waals surface area (Å²) in [7, 11) is 0. The monoisotopic (exact) mass is 392 g/mol. The maximum absolute atomic E-state index is 13.3. The van der Waals surface area contributed by atoms with Gasteiger partial charge < -0.3 is 18.8 Å². The van der Waals surface area contributed by atoms with Crippen LogP contribution in [0.1, 0.15) is 34.4 Å². The van der Waals surface area contributed by atoms with Crippen LogP contribution in [-0.4, -0.2) is 42.6 Å². The topological polar surface area (TPSA) is 42.8 Å². The van der Waals surface area contributed by atoms with Gasteiger partial charge in [-0.05, 0) is 51.1 Å². The van der Waals surface area contributed by atoms with E-state index < -0.39 is 0 Å². The highest BCUT2D eigenvalue weighted by Crippen LogP contribution is 2.19. The van der Waals surface area contributed by atoms with Crippen molar-refractivity contribution in [2.45, 2.75) is 33.4 Å². The minimum absolute atomic E-state index is 0.0366. The molecular weight excluding hydrogens is 362 g/mol. The number of anilines is 1. The van der Waals surface area contributed by atoms with Crippen LogP contribution in [0.3, 0.4) is 0 Å². The van der Waals surface area contributed by atoms with Crippen LogP contribution in [0.4, 0.5) is 5.69 Å². The van der Waals surface area contributed by atoms with Crippen molar-refractivity contribution in [1.29, 1.82) is 0 Å². The standard InChI is InChI=1S/C24H29N3O2/c1-18-16-23(19(2)27(18)17-22-10-7-15-29-22)24(28)20(3)25-11-13-26(14-12-25)21-8-5-4-6-9-21/h4-10,15-16,20H,11-14,17H2,1-3H3/p+1/t20-/m1/s1. The van der Waals surface area contributed by atoms with Gasteiger partial charge in [-0.25, -0.2) is 0 Å². The molecule has 1 fully saturated rings. The number of aromatic nitrogens is 1. The Hall–Kier alpha value is -2.79. The number of nitrogens with one attached hydrogen (secondary N) is 1. The Kier molecular flexibility index (Phi) is 5.58. The molecule has 1 saturated heterocycles. The third-order valence-electron chi connectivity index (χ3n) is 6.27. The number of piperazine rings is 1. The number of carbonyl (C=O) groups is 1. The third kappa shape index (κ3) is 4.01. The van der Waals surface area contributed by atoms with Gasteiger partial charge in [0.05, 0.1) is 39.0 Å². The van der Waals surface area contributed by atoms with Crippen molar-refractivity contribution >= 4 is 11.5 Å². The number of quaternary nitrogens is 1. The molecule has 1 aliphatic heterocycles. The molecule has 5 nitrogen and oxygen atoms in total. The molecule has 0 amide bonds. The smallest absolute Gasteiger partial charge is 0.221 e. The van der Waals surface area contributed by atoms with Crippen molar-refractivity contribution in [2.75, 3.05) is 31.1 Å². The molecule has 1 aliphatic rings. The number of Topliss-reactive ketones (excluding diaryl/α,β-unsaturated/α-hetero) is 1. The van der Waals surface area contributed by atoms with Crippen LogP contribution in [0.5, 0.6) is 0 Å². The molecule has 0 spiro atoms. The van der Waals surface area contributed by atoms with E-state index in [0.29, 0.717) is 6.54 Å². The molecular formula is C24H30N3O2+. The van der Waals surface area contributed by atoms with Crippen molar-refractivity contribution < 1.29 is 14.1 Å². The molecule has 29 heavy (non-hydrogen) atoms. The van der Waals surface area contributed by atoms with Crippen LogP contribution in [0.2, 0.25) is 0 Å². The molecule has 0 unspecified atom stereocenters. The summed E-state index contributed by atoms with van der Waals surface area (Å²) in [4.78, 5) is 17.1. The second-order valence-electron chi connectivity index (χ2n) is 8.02. The summed E-state index contributed by atoms with van der Waals surface area (Å²) in [6, 6.07) is 16.4. The van der Waals surface area contributed by atoms with Crippen molar-refractivity contribution in [3.63, 3.8) is 0 Å². The number of nitrogens with zero attached hydrogens (tertiary/aromatic N) is 2. The molecule has 0 bridgehead atoms. The van der Waals surface area contributed by atoms with Gasteiger partial charge in [-0.3, -0.25) is 4.79 Å². The molecule has 0 radical (unpaired) electrons. The predicted molar refractivity (Wildman–Crippen MR) is 115 cm³/mol. The van der Waals surface area contributed by atoms with Crippen molar-refractivity contribution in [3.05, 3.63) is 77.5 Å². The quantitative estimate of drug-likeness (QED) is 0.656. The van der Waals surface area contributed by atoms with Gasteiger partial charge in [0.25, 0.3) is 0 Å². The van der Waals surface area contributed by atoms with Crippen LogP contribution >= 0.6 is 0 Å². The summed E-state index contributed by atoms with van der Waals surface area (Å²) >= 11 is 0. The molecule has 5 heteroatoms. The molecule has 4 rings (SSSR count). The molecule has 0 saturated carbocycles. The molecule has 1 N–H and O–H groups in total. The second-order valence-corrected chi connectivity index (χ2v) is 8.02. The first kappa shape index (κ1) is 19.5. The number of para-hydroxylation sites is 1. The van der Waals surface area contributed by atoms with Crippen molar-refractivity contribution in [1.82, 2.24) is 4.57 Å². The van der Waals surface area contributed by atoms with E-state index in [-0.39, 0.29) is 11.8 Å². The highest BCUT2D eigenvalue weighted by atomic mass is 16.3. The second kappa shape index (κ2) is 8.29. The van der Waals surface area contributed by atoms with E-state index in [9.17, 15) is 4.79 Å². The van der Waals surface area contributed by atoms with Crippen LogP contribution in [0.25, 0.3) is 0 Å². The Morgan fingerprint density at radius 2 is 1.83 bits per heavy atom. The van der Waals surface area contributed by atoms with Gasteiger partial charge in [-0.1, -0.05) is 18.2 Å². The highest BCUT2D eigenvalue weighted by molar-refractivity contribution is 6.00. The fourth-order valence-electron chi connectivity index (χ4n) is 4.39. The lowest BCUT2D eigenvalue weighted by molar-refractivity contribution is -0.914. The van der Waals surface area contributed by atoms with Crippen molar-refractivity contribution in [3.8, 4) is 0 Å². The Bertz CT molecular complexity index is 952. The zero-order valence-electron chi connectivity index (χ0n) is 17.5. The Morgan fingerprint density at radius 3 is 2.48 bits per heavy atom. The first-order chi connectivity index (χ1) is 14.0. The summed E-state index contributed by atoms with van der Waals surface area (Å²) in [5.74, 6) is 1.15. The van der Waals surface area contributed by atoms with Gasteiger partial charge in [-0.2, -0.15) is 0 Å². The SMILES string of the molecule is Cc1cc(C(=O)[C@@H](C)[NH+]2CCN(c3ccccc3)CC2)c(C)n1Cc1ccco1. The summed E-state index contributed by atoms with van der Waals surface area (Å²) in [5, 5.41) is 0. The highest BCUT2D eigenvalue weighted by Gasteiger charge is 2.31. The van der Waals surface area contributed by atoms with Crippen LogP contribution in [0, 0.1) is 13.8 Å². The van der Waals surface area contributed by atoms with Gasteiger partial charge in [0.15, 0.2) is 0 Å². The van der Waals surface area contributed by atoms with E-state index >= 15 is 0 Å². The average Bonchev–Trinajstić information content (AvgIpc) is 3.37. The lowest BCUT2D eigenvalue weighted by Gasteiger charge is -2.36. The first-order valence-electron chi connectivity index (χ1n) is 10.4. The number of aryl methyl sites for hydroxylation is 1. The van der Waals surface area contributed by atoms with E-state index in [4.69, 9.17) is 4.42 Å². The van der Waals surface area contributed by atoms with Crippen molar-refractivity contribution in [2.24, 2.45) is 0 Å². The lowest BCUT2D eigenvalue weighted by atomic mass is 10.0. The van der Waals surface area contributed by atoms with Gasteiger partial charge >= 0.3 is 0 Å². The predicted octanol–water partition coefficient (Wildman–Crippen LogP) is 2.72. The molecule has 1 atom stereocenters. The van der Waals surface area contributed by atoms with E-state index in [1.165, 1.54) is 10.6 Å². The Morgan fingerprint density at radius 1 is 1.10 bits per heavy atom. The largest absolute Gasteiger partial charge is 0.467 e. The number of furan rings is 1. The van der Waals surface area contributed by atoms with Crippen LogP contribution < -0.4 is 9.80 Å². The minimum Gasteiger partial charge on any atom is -0.467 e. The van der Waals surface area contributed by atoms with E-state index in [2.05, 4.69) is 47.6 Å². The zero-order chi connectivity index (χ0) is 20.4. The fourth-order valence-corrected chi connectivity index (χ4v) is 4.39. The average molecular weight is 393 g/mol. The number of rotatable bonds is 6. The molecule has 1 aromatic carbocycles. The van der Waals surface area contributed by atoms with E-state index in [1.54, 1.807) is 6.26 Å². The zero-order valence-corrected chi connectivity index (χ0v) is 17.5. The molecule has 2 aromatic heterocycles. The Balaban J connectivity index is 1.43. The summed E-state index contributed by atoms with van der Waals surface area (Å²) < 4.78 is 7.66. The summed E-state index contributed by atoms with van der Waals surface area (Å²) in [6.45, 7) is 10.8. The van der Waals surface area contributed by atoms with E-state index in [0.717, 1.165) is 48.9 Å². The number of ketones is 1. The van der Waals surface area contributed by atoms with Gasteiger partial charge in [-0.15, -0.1) is 0 Å². The lowest BCUT2D eigenvalue weighted by Crippen LogP contribution is -3.18. The van der Waals surface area contributed by atoms with E-state index in [1.807, 2.05) is 31.2 Å². The normalized spacial score (nSPS) is 16.2. The fraction of sp³-hybridized carbons (Fsp3) is 0.375. The maximum atomic E-state index is 13.3. The van der Waals surface area contributed by atoms with Crippen LogP contribution in [-0.2, 0) is 6.54 Å². The van der Waals surface area contributed by atoms with Crippen LogP contribution in [0.15, 0.2) is 59.2 Å². The van der Waals surface area contributed by atoms with Gasteiger partial charge in [0.2, 0.25) is 5.78 Å². The molecule has 0 aliphatic carbocycles. The third-order valence-corrected chi connectivity index (χ3v) is 6.27. The molecule has 152 valence electrons. The number of benzene rings is 1. The first-order valence-corrected chi connectivity index (χ1v) is 10.4. The Labute approximate surface area is 172 Å². The van der Waals surface area contributed by atoms with Gasteiger partial charge in [0, 0.05) is 22.6 Å². The number of carbonyl (C=O) groups excluding carboxylic acids is 1. The number of hydrogen-bond donors (Lipinski definition) is 1. The molecule has 3 heterocycles. The maximum Gasteiger partial charge on any atom is 0.221 e. The number of hydrogen-bond acceptors (Lipinski definition) is 3. The molecule has 3 aromatic rings. The van der Waals surface area contributed by atoms with Gasteiger partial charge in [0.1, 0.15) is 11.8 Å². The summed E-state index contributed by atoms with van der Waals surface area (Å²) in [6.07, 6.45) is 1.69. The minimum atomic E-state index is -0.0366.